The summed E-state index contributed by atoms with van der Waals surface area (Å²) < 4.78 is 0. The molecule has 0 saturated carbocycles. The van der Waals surface area contributed by atoms with Gasteiger partial charge >= 0.3 is 0 Å². The van der Waals surface area contributed by atoms with Crippen LogP contribution in [0, 0.1) is 5.41 Å². The molecule has 68 valence electrons. The van der Waals surface area contributed by atoms with Crippen LogP contribution in [0.1, 0.15) is 47.5 Å². The van der Waals surface area contributed by atoms with Crippen LogP contribution < -0.4 is 0 Å². The Morgan fingerprint density at radius 3 is 2.18 bits per heavy atom. The Labute approximate surface area is 73.9 Å². The molecule has 0 aliphatic carbocycles. The predicted molar refractivity (Wildman–Crippen MR) is 57.0 cm³/mol. The minimum atomic E-state index is 0.595. The van der Waals surface area contributed by atoms with Gasteiger partial charge in [-0.1, -0.05) is 41.0 Å². The molecular weight excluding hydrogens is 151 g/mol. The highest BCUT2D eigenvalue weighted by atomic mass is 31.1. The van der Waals surface area contributed by atoms with Gasteiger partial charge in [0, 0.05) is 0 Å². The summed E-state index contributed by atoms with van der Waals surface area (Å²) in [5, 5.41) is 0. The maximum Gasteiger partial charge on any atom is -0.0293 e. The molecule has 0 aliphatic heterocycles. The summed E-state index contributed by atoms with van der Waals surface area (Å²) >= 11 is 0. The third-order valence-corrected chi connectivity index (χ3v) is 3.89. The van der Waals surface area contributed by atoms with Gasteiger partial charge in [0.15, 0.2) is 0 Å². The van der Waals surface area contributed by atoms with Crippen molar-refractivity contribution in [1.29, 1.82) is 0 Å². The standard InChI is InChI=1S/C10H23P/c1-6-7-10(4,5)8-11-9(2)3/h9,11H,6-8H2,1-5H3. The van der Waals surface area contributed by atoms with Crippen LogP contribution in [0.2, 0.25) is 0 Å². The van der Waals surface area contributed by atoms with E-state index in [0.29, 0.717) is 5.41 Å². The number of rotatable bonds is 5. The van der Waals surface area contributed by atoms with E-state index in [1.165, 1.54) is 19.0 Å². The molecule has 0 N–H and O–H groups in total. The van der Waals surface area contributed by atoms with E-state index in [4.69, 9.17) is 0 Å². The predicted octanol–water partition coefficient (Wildman–Crippen LogP) is 3.90. The highest BCUT2D eigenvalue weighted by Crippen LogP contribution is 2.32. The van der Waals surface area contributed by atoms with Gasteiger partial charge in [-0.2, -0.15) is 0 Å². The Morgan fingerprint density at radius 1 is 1.27 bits per heavy atom. The molecule has 0 aromatic carbocycles. The smallest absolute Gasteiger partial charge is 0.0293 e. The first-order valence-corrected chi connectivity index (χ1v) is 6.00. The zero-order valence-corrected chi connectivity index (χ0v) is 9.70. The van der Waals surface area contributed by atoms with Crippen molar-refractivity contribution in [2.24, 2.45) is 5.41 Å². The molecule has 0 aromatic rings. The Bertz CT molecular complexity index is 95.0. The van der Waals surface area contributed by atoms with E-state index < -0.39 is 0 Å². The molecular formula is C10H23P. The molecule has 1 unspecified atom stereocenters. The van der Waals surface area contributed by atoms with E-state index in [9.17, 15) is 0 Å². The quantitative estimate of drug-likeness (QED) is 0.554. The Morgan fingerprint density at radius 2 is 1.82 bits per heavy atom. The Kier molecular flexibility index (Phi) is 5.34. The van der Waals surface area contributed by atoms with Crippen LogP contribution in [0.4, 0.5) is 0 Å². The first-order valence-electron chi connectivity index (χ1n) is 4.71. The monoisotopic (exact) mass is 174 g/mol. The average Bonchev–Trinajstić information content (AvgIpc) is 1.84. The van der Waals surface area contributed by atoms with E-state index in [2.05, 4.69) is 34.6 Å². The van der Waals surface area contributed by atoms with Crippen molar-refractivity contribution in [3.8, 4) is 0 Å². The van der Waals surface area contributed by atoms with Gasteiger partial charge in [-0.3, -0.25) is 0 Å². The molecule has 0 saturated heterocycles. The molecule has 0 radical (unpaired) electrons. The lowest BCUT2D eigenvalue weighted by Gasteiger charge is -2.24. The van der Waals surface area contributed by atoms with Crippen molar-refractivity contribution in [3.63, 3.8) is 0 Å². The Balaban J connectivity index is 3.54. The van der Waals surface area contributed by atoms with Crippen molar-refractivity contribution in [1.82, 2.24) is 0 Å². The van der Waals surface area contributed by atoms with Crippen molar-refractivity contribution in [2.45, 2.75) is 53.1 Å². The van der Waals surface area contributed by atoms with Crippen LogP contribution in [0.25, 0.3) is 0 Å². The molecule has 0 aromatic heterocycles. The summed E-state index contributed by atoms with van der Waals surface area (Å²) in [6.07, 6.45) is 4.13. The van der Waals surface area contributed by atoms with Gasteiger partial charge in [-0.15, -0.1) is 8.58 Å². The van der Waals surface area contributed by atoms with Crippen LogP contribution in [0.15, 0.2) is 0 Å². The van der Waals surface area contributed by atoms with Gasteiger partial charge in [-0.25, -0.2) is 0 Å². The van der Waals surface area contributed by atoms with Crippen molar-refractivity contribution in [2.75, 3.05) is 6.16 Å². The maximum atomic E-state index is 2.39. The second-order valence-electron chi connectivity index (χ2n) is 4.45. The van der Waals surface area contributed by atoms with Gasteiger partial charge in [-0.05, 0) is 23.7 Å². The molecule has 0 rings (SSSR count). The lowest BCUT2D eigenvalue weighted by Crippen LogP contribution is -2.14. The second-order valence-corrected chi connectivity index (χ2v) is 6.37. The second kappa shape index (κ2) is 5.14. The van der Waals surface area contributed by atoms with Crippen LogP contribution in [0.5, 0.6) is 0 Å². The fourth-order valence-electron chi connectivity index (χ4n) is 1.25. The van der Waals surface area contributed by atoms with Gasteiger partial charge in [0.2, 0.25) is 0 Å². The fourth-order valence-corrected chi connectivity index (χ4v) is 2.38. The van der Waals surface area contributed by atoms with Gasteiger partial charge < -0.3 is 0 Å². The molecule has 0 bridgehead atoms. The largest absolute Gasteiger partial charge is 0.119 e. The summed E-state index contributed by atoms with van der Waals surface area (Å²) in [6.45, 7) is 11.7. The van der Waals surface area contributed by atoms with Gasteiger partial charge in [0.05, 0.1) is 0 Å². The summed E-state index contributed by atoms with van der Waals surface area (Å²) in [5.74, 6) is 0. The van der Waals surface area contributed by atoms with Crippen LogP contribution in [-0.4, -0.2) is 11.8 Å². The molecule has 0 amide bonds. The lowest BCUT2D eigenvalue weighted by molar-refractivity contribution is 0.380. The van der Waals surface area contributed by atoms with Crippen LogP contribution >= 0.6 is 8.58 Å². The molecule has 1 atom stereocenters. The highest BCUT2D eigenvalue weighted by molar-refractivity contribution is 7.38. The van der Waals surface area contributed by atoms with E-state index in [0.717, 1.165) is 14.2 Å². The van der Waals surface area contributed by atoms with E-state index in [-0.39, 0.29) is 0 Å². The zero-order chi connectivity index (χ0) is 8.91. The van der Waals surface area contributed by atoms with Gasteiger partial charge in [0.25, 0.3) is 0 Å². The normalized spacial score (nSPS) is 13.6. The SMILES string of the molecule is CCCC(C)(C)CPC(C)C. The maximum absolute atomic E-state index is 2.39. The van der Waals surface area contributed by atoms with Crippen LogP contribution in [-0.2, 0) is 0 Å². The summed E-state index contributed by atoms with van der Waals surface area (Å²) in [4.78, 5) is 0. The summed E-state index contributed by atoms with van der Waals surface area (Å²) in [6, 6.07) is 0. The topological polar surface area (TPSA) is 0 Å². The van der Waals surface area contributed by atoms with Crippen molar-refractivity contribution >= 4 is 8.58 Å². The van der Waals surface area contributed by atoms with E-state index >= 15 is 0 Å². The van der Waals surface area contributed by atoms with Crippen molar-refractivity contribution in [3.05, 3.63) is 0 Å². The average molecular weight is 174 g/mol. The highest BCUT2D eigenvalue weighted by Gasteiger charge is 2.16. The lowest BCUT2D eigenvalue weighted by atomic mass is 9.91. The zero-order valence-electron chi connectivity index (χ0n) is 8.70. The van der Waals surface area contributed by atoms with E-state index in [1.54, 1.807) is 0 Å². The summed E-state index contributed by atoms with van der Waals surface area (Å²) in [7, 11) is 1.15. The van der Waals surface area contributed by atoms with Crippen LogP contribution in [0.3, 0.4) is 0 Å². The molecule has 1 heteroatoms. The Hall–Kier alpha value is 0.430. The van der Waals surface area contributed by atoms with Gasteiger partial charge in [0.1, 0.15) is 0 Å². The minimum absolute atomic E-state index is 0.595. The van der Waals surface area contributed by atoms with Crippen molar-refractivity contribution < 1.29 is 0 Å². The molecule has 0 fully saturated rings. The number of hydrogen-bond acceptors (Lipinski definition) is 0. The minimum Gasteiger partial charge on any atom is -0.119 e. The first-order chi connectivity index (χ1) is 4.98. The molecule has 0 heterocycles. The third kappa shape index (κ3) is 6.81. The molecule has 0 nitrogen and oxygen atoms in total. The first kappa shape index (κ1) is 11.4. The fraction of sp³-hybridized carbons (Fsp3) is 1.00. The molecule has 0 aliphatic rings. The summed E-state index contributed by atoms with van der Waals surface area (Å²) in [5.41, 5.74) is 1.49. The number of hydrogen-bond donors (Lipinski definition) is 0. The third-order valence-electron chi connectivity index (χ3n) is 1.92. The van der Waals surface area contributed by atoms with E-state index in [1.807, 2.05) is 0 Å². The molecule has 0 spiro atoms. The molecule has 11 heavy (non-hydrogen) atoms.